The number of rotatable bonds is 6. The Balaban J connectivity index is 2.67. The van der Waals surface area contributed by atoms with E-state index in [0.29, 0.717) is 11.8 Å². The van der Waals surface area contributed by atoms with Crippen LogP contribution in [0.15, 0.2) is 18.2 Å². The third kappa shape index (κ3) is 4.44. The number of amides is 1. The van der Waals surface area contributed by atoms with Crippen LogP contribution in [0.3, 0.4) is 0 Å². The predicted molar refractivity (Wildman–Crippen MR) is 77.4 cm³/mol. The molecule has 1 aromatic carbocycles. The summed E-state index contributed by atoms with van der Waals surface area (Å²) in [6.45, 7) is 2.61. The molecule has 0 saturated carbocycles. The van der Waals surface area contributed by atoms with Crippen molar-refractivity contribution < 1.29 is 9.72 Å². The van der Waals surface area contributed by atoms with Crippen LogP contribution in [0.4, 0.5) is 11.4 Å². The van der Waals surface area contributed by atoms with Crippen molar-refractivity contribution in [2.75, 3.05) is 18.5 Å². The normalized spacial score (nSPS) is 11.9. The molecular formula is C12H17N3O3S. The van der Waals surface area contributed by atoms with Crippen LogP contribution in [0, 0.1) is 10.1 Å². The molecule has 0 aromatic heterocycles. The van der Waals surface area contributed by atoms with Gasteiger partial charge >= 0.3 is 0 Å². The fourth-order valence-electron chi connectivity index (χ4n) is 1.45. The first-order valence-electron chi connectivity index (χ1n) is 5.80. The van der Waals surface area contributed by atoms with Crippen LogP contribution in [0.1, 0.15) is 23.7 Å². The second-order valence-corrected chi connectivity index (χ2v) is 5.40. The number of hydrogen-bond donors (Lipinski definition) is 2. The molecule has 1 unspecified atom stereocenters. The summed E-state index contributed by atoms with van der Waals surface area (Å²) in [5.74, 6) is -0.323. The second kappa shape index (κ2) is 6.98. The van der Waals surface area contributed by atoms with Gasteiger partial charge in [-0.05, 0) is 24.8 Å². The molecule has 0 aliphatic carbocycles. The zero-order valence-corrected chi connectivity index (χ0v) is 11.7. The zero-order valence-electron chi connectivity index (χ0n) is 10.9. The Labute approximate surface area is 115 Å². The van der Waals surface area contributed by atoms with E-state index >= 15 is 0 Å². The number of nitro groups is 1. The van der Waals surface area contributed by atoms with Gasteiger partial charge in [0.1, 0.15) is 5.69 Å². The van der Waals surface area contributed by atoms with Crippen molar-refractivity contribution in [3.63, 3.8) is 0 Å². The van der Waals surface area contributed by atoms with Gasteiger partial charge in [0, 0.05) is 23.4 Å². The molecule has 1 amide bonds. The molecular weight excluding hydrogens is 266 g/mol. The average Bonchev–Trinajstić information content (AvgIpc) is 2.38. The maximum Gasteiger partial charge on any atom is 0.292 e. The number of benzene rings is 1. The number of anilines is 1. The Hall–Kier alpha value is -1.76. The summed E-state index contributed by atoms with van der Waals surface area (Å²) >= 11 is 1.72. The number of thioether (sulfide) groups is 1. The molecule has 6 nitrogen and oxygen atoms in total. The van der Waals surface area contributed by atoms with E-state index in [0.717, 1.165) is 6.42 Å². The Morgan fingerprint density at radius 1 is 1.58 bits per heavy atom. The van der Waals surface area contributed by atoms with Gasteiger partial charge in [-0.2, -0.15) is 11.8 Å². The molecule has 0 aliphatic heterocycles. The van der Waals surface area contributed by atoms with Gasteiger partial charge in [-0.25, -0.2) is 0 Å². The van der Waals surface area contributed by atoms with Crippen molar-refractivity contribution in [3.05, 3.63) is 33.9 Å². The highest BCUT2D eigenvalue weighted by Crippen LogP contribution is 2.22. The summed E-state index contributed by atoms with van der Waals surface area (Å²) in [6.07, 6.45) is 2.86. The van der Waals surface area contributed by atoms with E-state index in [1.54, 1.807) is 11.8 Å². The molecule has 0 radical (unpaired) electrons. The van der Waals surface area contributed by atoms with Crippen LogP contribution in [0.2, 0.25) is 0 Å². The summed E-state index contributed by atoms with van der Waals surface area (Å²) < 4.78 is 0. The third-order valence-corrected chi connectivity index (χ3v) is 3.77. The van der Waals surface area contributed by atoms with Gasteiger partial charge in [-0.1, -0.05) is 6.92 Å². The minimum Gasteiger partial charge on any atom is -0.393 e. The molecule has 0 saturated heterocycles. The van der Waals surface area contributed by atoms with E-state index in [-0.39, 0.29) is 22.8 Å². The zero-order chi connectivity index (χ0) is 14.4. The largest absolute Gasteiger partial charge is 0.393 e. The smallest absolute Gasteiger partial charge is 0.292 e. The molecule has 0 heterocycles. The fraction of sp³-hybridized carbons (Fsp3) is 0.417. The third-order valence-electron chi connectivity index (χ3n) is 2.73. The van der Waals surface area contributed by atoms with E-state index in [9.17, 15) is 14.9 Å². The summed E-state index contributed by atoms with van der Waals surface area (Å²) in [4.78, 5) is 22.0. The minimum atomic E-state index is -0.595. The molecule has 104 valence electrons. The van der Waals surface area contributed by atoms with Crippen LogP contribution in [-0.4, -0.2) is 28.9 Å². The molecule has 0 spiro atoms. The van der Waals surface area contributed by atoms with Crippen LogP contribution in [0.25, 0.3) is 0 Å². The van der Waals surface area contributed by atoms with E-state index < -0.39 is 4.92 Å². The lowest BCUT2D eigenvalue weighted by atomic mass is 10.1. The number of nitrogens with zero attached hydrogens (tertiary/aromatic N) is 1. The van der Waals surface area contributed by atoms with Gasteiger partial charge in [0.05, 0.1) is 4.92 Å². The van der Waals surface area contributed by atoms with Gasteiger partial charge < -0.3 is 11.1 Å². The number of nitrogens with two attached hydrogens (primary N) is 1. The van der Waals surface area contributed by atoms with Gasteiger partial charge in [0.25, 0.3) is 11.6 Å². The Bertz CT molecular complexity index is 479. The minimum absolute atomic E-state index is 0.0533. The molecule has 1 rings (SSSR count). The molecule has 0 aliphatic rings. The standard InChI is InChI=1S/C12H17N3O3S/c1-8(19-2)5-6-14-12(16)9-3-4-10(13)11(7-9)15(17)18/h3-4,7-8H,5-6,13H2,1-2H3,(H,14,16). The highest BCUT2D eigenvalue weighted by Gasteiger charge is 2.15. The van der Waals surface area contributed by atoms with Crippen molar-refractivity contribution in [3.8, 4) is 0 Å². The maximum absolute atomic E-state index is 11.8. The van der Waals surface area contributed by atoms with Crippen molar-refractivity contribution in [2.45, 2.75) is 18.6 Å². The summed E-state index contributed by atoms with van der Waals surface area (Å²) in [5, 5.41) is 13.9. The quantitative estimate of drug-likeness (QED) is 0.473. The number of carbonyl (C=O) groups excluding carboxylic acids is 1. The van der Waals surface area contributed by atoms with Gasteiger partial charge in [0.15, 0.2) is 0 Å². The predicted octanol–water partition coefficient (Wildman–Crippen LogP) is 2.05. The van der Waals surface area contributed by atoms with Crippen molar-refractivity contribution in [2.24, 2.45) is 0 Å². The van der Waals surface area contributed by atoms with Gasteiger partial charge in [-0.3, -0.25) is 14.9 Å². The van der Waals surface area contributed by atoms with Crippen molar-refractivity contribution in [1.29, 1.82) is 0 Å². The number of hydrogen-bond acceptors (Lipinski definition) is 5. The molecule has 1 aromatic rings. The van der Waals surface area contributed by atoms with Crippen LogP contribution >= 0.6 is 11.8 Å². The second-order valence-electron chi connectivity index (χ2n) is 4.12. The lowest BCUT2D eigenvalue weighted by molar-refractivity contribution is -0.383. The van der Waals surface area contributed by atoms with Crippen molar-refractivity contribution >= 4 is 29.0 Å². The first-order chi connectivity index (χ1) is 8.95. The number of nitrogen functional groups attached to an aromatic ring is 1. The molecule has 0 fully saturated rings. The number of carbonyl (C=O) groups is 1. The summed E-state index contributed by atoms with van der Waals surface area (Å²) in [7, 11) is 0. The van der Waals surface area contributed by atoms with Crippen LogP contribution in [-0.2, 0) is 0 Å². The lowest BCUT2D eigenvalue weighted by Crippen LogP contribution is -2.26. The van der Waals surface area contributed by atoms with E-state index in [1.165, 1.54) is 18.2 Å². The van der Waals surface area contributed by atoms with Crippen molar-refractivity contribution in [1.82, 2.24) is 5.32 Å². The van der Waals surface area contributed by atoms with Crippen LogP contribution < -0.4 is 11.1 Å². The van der Waals surface area contributed by atoms with Crippen LogP contribution in [0.5, 0.6) is 0 Å². The average molecular weight is 283 g/mol. The highest BCUT2D eigenvalue weighted by molar-refractivity contribution is 7.99. The first-order valence-corrected chi connectivity index (χ1v) is 7.09. The Kier molecular flexibility index (Phi) is 5.62. The SMILES string of the molecule is CSC(C)CCNC(=O)c1ccc(N)c([N+](=O)[O-])c1. The molecule has 0 bridgehead atoms. The lowest BCUT2D eigenvalue weighted by Gasteiger charge is -2.09. The van der Waals surface area contributed by atoms with Gasteiger partial charge in [-0.15, -0.1) is 0 Å². The van der Waals surface area contributed by atoms with E-state index in [2.05, 4.69) is 12.2 Å². The summed E-state index contributed by atoms with van der Waals surface area (Å²) in [6, 6.07) is 4.05. The Morgan fingerprint density at radius 3 is 2.84 bits per heavy atom. The van der Waals surface area contributed by atoms with E-state index in [4.69, 9.17) is 5.73 Å². The topological polar surface area (TPSA) is 98.3 Å². The number of nitro benzene ring substituents is 1. The van der Waals surface area contributed by atoms with Gasteiger partial charge in [0.2, 0.25) is 0 Å². The molecule has 7 heteroatoms. The maximum atomic E-state index is 11.8. The fourth-order valence-corrected chi connectivity index (χ4v) is 1.81. The molecule has 19 heavy (non-hydrogen) atoms. The number of nitrogens with one attached hydrogen (secondary N) is 1. The molecule has 1 atom stereocenters. The monoisotopic (exact) mass is 283 g/mol. The van der Waals surface area contributed by atoms with E-state index in [1.807, 2.05) is 6.26 Å². The first kappa shape index (κ1) is 15.3. The Morgan fingerprint density at radius 2 is 2.26 bits per heavy atom. The summed E-state index contributed by atoms with van der Waals surface area (Å²) in [5.41, 5.74) is 5.53. The molecule has 3 N–H and O–H groups in total. The highest BCUT2D eigenvalue weighted by atomic mass is 32.2.